The second kappa shape index (κ2) is 9.06. The van der Waals surface area contributed by atoms with E-state index >= 15 is 0 Å². The molecule has 0 bridgehead atoms. The van der Waals surface area contributed by atoms with E-state index in [1.54, 1.807) is 6.07 Å². The van der Waals surface area contributed by atoms with Crippen molar-refractivity contribution in [3.63, 3.8) is 0 Å². The summed E-state index contributed by atoms with van der Waals surface area (Å²) >= 11 is 0. The number of carbonyl (C=O) groups is 1. The van der Waals surface area contributed by atoms with Crippen LogP contribution in [0.3, 0.4) is 0 Å². The Kier molecular flexibility index (Phi) is 7.76. The maximum Gasteiger partial charge on any atom is 0.220 e. The number of hydrogen-bond donors (Lipinski definition) is 2. The SMILES string of the molecule is Cl.NC1CCC(NC(=O)CCCc2ccc(F)c(F)c2)CC1. The lowest BCUT2D eigenvalue weighted by atomic mass is 9.92. The molecule has 3 N–H and O–H groups in total. The fraction of sp³-hybridized carbons (Fsp3) is 0.562. The first-order chi connectivity index (χ1) is 10.0. The Hall–Kier alpha value is -1.20. The predicted octanol–water partition coefficient (Wildman–Crippen LogP) is 3.10. The molecule has 1 amide bonds. The number of benzene rings is 1. The number of nitrogens with two attached hydrogens (primary N) is 1. The van der Waals surface area contributed by atoms with Crippen LogP contribution in [0.25, 0.3) is 0 Å². The lowest BCUT2D eigenvalue weighted by Gasteiger charge is -2.26. The summed E-state index contributed by atoms with van der Waals surface area (Å²) < 4.78 is 25.8. The van der Waals surface area contributed by atoms with Gasteiger partial charge >= 0.3 is 0 Å². The molecule has 0 aromatic heterocycles. The van der Waals surface area contributed by atoms with Crippen molar-refractivity contribution in [1.82, 2.24) is 5.32 Å². The van der Waals surface area contributed by atoms with Crippen molar-refractivity contribution in [1.29, 1.82) is 0 Å². The molecule has 6 heteroatoms. The van der Waals surface area contributed by atoms with Crippen LogP contribution in [0.2, 0.25) is 0 Å². The van der Waals surface area contributed by atoms with Gasteiger partial charge in [-0.1, -0.05) is 6.07 Å². The van der Waals surface area contributed by atoms with Crippen LogP contribution in [0.5, 0.6) is 0 Å². The Labute approximate surface area is 136 Å². The van der Waals surface area contributed by atoms with Gasteiger partial charge in [-0.2, -0.15) is 0 Å². The van der Waals surface area contributed by atoms with E-state index in [0.29, 0.717) is 24.8 Å². The topological polar surface area (TPSA) is 55.1 Å². The minimum Gasteiger partial charge on any atom is -0.353 e. The third kappa shape index (κ3) is 5.89. The van der Waals surface area contributed by atoms with Gasteiger partial charge in [-0.05, 0) is 56.2 Å². The molecule has 3 nitrogen and oxygen atoms in total. The van der Waals surface area contributed by atoms with E-state index in [0.717, 1.165) is 31.7 Å². The van der Waals surface area contributed by atoms with Crippen molar-refractivity contribution in [2.75, 3.05) is 0 Å². The molecule has 22 heavy (non-hydrogen) atoms. The number of carbonyl (C=O) groups excluding carboxylic acids is 1. The van der Waals surface area contributed by atoms with Crippen LogP contribution in [0.15, 0.2) is 18.2 Å². The Morgan fingerprint density at radius 2 is 1.86 bits per heavy atom. The summed E-state index contributed by atoms with van der Waals surface area (Å²) in [5, 5.41) is 3.02. The highest BCUT2D eigenvalue weighted by molar-refractivity contribution is 5.85. The molecule has 0 unspecified atom stereocenters. The summed E-state index contributed by atoms with van der Waals surface area (Å²) in [6, 6.07) is 4.37. The van der Waals surface area contributed by atoms with Crippen molar-refractivity contribution in [3.05, 3.63) is 35.4 Å². The third-order valence-electron chi connectivity index (χ3n) is 3.99. The highest BCUT2D eigenvalue weighted by Crippen LogP contribution is 2.17. The van der Waals surface area contributed by atoms with Crippen molar-refractivity contribution in [2.45, 2.75) is 57.0 Å². The highest BCUT2D eigenvalue weighted by atomic mass is 35.5. The molecule has 1 aromatic rings. The monoisotopic (exact) mass is 332 g/mol. The van der Waals surface area contributed by atoms with Crippen LogP contribution in [-0.4, -0.2) is 18.0 Å². The van der Waals surface area contributed by atoms with Crippen molar-refractivity contribution < 1.29 is 13.6 Å². The first-order valence-electron chi connectivity index (χ1n) is 7.53. The van der Waals surface area contributed by atoms with Crippen molar-refractivity contribution >= 4 is 18.3 Å². The molecule has 1 aromatic carbocycles. The molecule has 0 radical (unpaired) electrons. The van der Waals surface area contributed by atoms with Crippen LogP contribution < -0.4 is 11.1 Å². The molecule has 2 rings (SSSR count). The average molecular weight is 333 g/mol. The summed E-state index contributed by atoms with van der Waals surface area (Å²) in [4.78, 5) is 11.8. The fourth-order valence-electron chi connectivity index (χ4n) is 2.71. The number of rotatable bonds is 5. The van der Waals surface area contributed by atoms with E-state index in [2.05, 4.69) is 5.32 Å². The van der Waals surface area contributed by atoms with Gasteiger partial charge in [0.15, 0.2) is 11.6 Å². The summed E-state index contributed by atoms with van der Waals surface area (Å²) in [5.74, 6) is -1.65. The Morgan fingerprint density at radius 3 is 2.50 bits per heavy atom. The van der Waals surface area contributed by atoms with Crippen molar-refractivity contribution in [2.24, 2.45) is 5.73 Å². The smallest absolute Gasteiger partial charge is 0.220 e. The maximum atomic E-state index is 13.0. The zero-order chi connectivity index (χ0) is 15.2. The van der Waals surface area contributed by atoms with Crippen LogP contribution in [0, 0.1) is 11.6 Å². The first kappa shape index (κ1) is 18.8. The molecule has 1 aliphatic carbocycles. The van der Waals surface area contributed by atoms with Gasteiger partial charge in [0.05, 0.1) is 0 Å². The molecule has 1 saturated carbocycles. The summed E-state index contributed by atoms with van der Waals surface area (Å²) in [6.07, 6.45) is 5.40. The highest BCUT2D eigenvalue weighted by Gasteiger charge is 2.19. The molecule has 0 atom stereocenters. The average Bonchev–Trinajstić information content (AvgIpc) is 2.45. The number of amides is 1. The van der Waals surface area contributed by atoms with E-state index in [1.165, 1.54) is 6.07 Å². The van der Waals surface area contributed by atoms with Gasteiger partial charge < -0.3 is 11.1 Å². The normalized spacial score (nSPS) is 21.0. The number of halogens is 3. The number of hydrogen-bond acceptors (Lipinski definition) is 2. The minimum absolute atomic E-state index is 0. The number of nitrogens with one attached hydrogen (secondary N) is 1. The summed E-state index contributed by atoms with van der Waals surface area (Å²) in [7, 11) is 0. The zero-order valence-corrected chi connectivity index (χ0v) is 13.3. The molecule has 0 heterocycles. The van der Waals surface area contributed by atoms with Crippen LogP contribution in [-0.2, 0) is 11.2 Å². The van der Waals surface area contributed by atoms with Gasteiger partial charge in [0, 0.05) is 18.5 Å². The molecule has 0 spiro atoms. The molecular formula is C16H23ClF2N2O. The predicted molar refractivity (Wildman–Crippen MR) is 84.9 cm³/mol. The lowest BCUT2D eigenvalue weighted by molar-refractivity contribution is -0.122. The van der Waals surface area contributed by atoms with Gasteiger partial charge in [-0.25, -0.2) is 8.78 Å². The lowest BCUT2D eigenvalue weighted by Crippen LogP contribution is -2.40. The van der Waals surface area contributed by atoms with Gasteiger partial charge in [0.1, 0.15) is 0 Å². The summed E-state index contributed by atoms with van der Waals surface area (Å²) in [6.45, 7) is 0. The van der Waals surface area contributed by atoms with E-state index < -0.39 is 11.6 Å². The van der Waals surface area contributed by atoms with E-state index in [9.17, 15) is 13.6 Å². The Bertz CT molecular complexity index is 491. The van der Waals surface area contributed by atoms with Gasteiger partial charge in [0.25, 0.3) is 0 Å². The minimum atomic E-state index is -0.841. The Morgan fingerprint density at radius 1 is 1.18 bits per heavy atom. The summed E-state index contributed by atoms with van der Waals surface area (Å²) in [5.41, 5.74) is 6.54. The molecule has 1 fully saturated rings. The Balaban J connectivity index is 0.00000242. The largest absolute Gasteiger partial charge is 0.353 e. The molecular weight excluding hydrogens is 310 g/mol. The molecule has 1 aliphatic rings. The van der Waals surface area contributed by atoms with Gasteiger partial charge in [-0.3, -0.25) is 4.79 Å². The standard InChI is InChI=1S/C16H22F2N2O.ClH/c17-14-9-4-11(10-15(14)18)2-1-3-16(21)20-13-7-5-12(19)6-8-13;/h4,9-10,12-13H,1-3,5-8,19H2,(H,20,21);1H. The van der Waals surface area contributed by atoms with Crippen LogP contribution >= 0.6 is 12.4 Å². The van der Waals surface area contributed by atoms with Gasteiger partial charge in [0.2, 0.25) is 5.91 Å². The van der Waals surface area contributed by atoms with Crippen LogP contribution in [0.4, 0.5) is 8.78 Å². The molecule has 124 valence electrons. The molecule has 0 aliphatic heterocycles. The van der Waals surface area contributed by atoms with Gasteiger partial charge in [-0.15, -0.1) is 12.4 Å². The molecule has 0 saturated heterocycles. The third-order valence-corrected chi connectivity index (χ3v) is 3.99. The quantitative estimate of drug-likeness (QED) is 0.870. The van der Waals surface area contributed by atoms with Crippen molar-refractivity contribution in [3.8, 4) is 0 Å². The van der Waals surface area contributed by atoms with Crippen LogP contribution in [0.1, 0.15) is 44.1 Å². The van der Waals surface area contributed by atoms with E-state index in [4.69, 9.17) is 5.73 Å². The fourth-order valence-corrected chi connectivity index (χ4v) is 2.71. The van der Waals surface area contributed by atoms with E-state index in [1.807, 2.05) is 0 Å². The first-order valence-corrected chi connectivity index (χ1v) is 7.53. The second-order valence-corrected chi connectivity index (χ2v) is 5.78. The van der Waals surface area contributed by atoms with E-state index in [-0.39, 0.29) is 30.4 Å². The second-order valence-electron chi connectivity index (χ2n) is 5.78. The maximum absolute atomic E-state index is 13.0. The zero-order valence-electron chi connectivity index (χ0n) is 12.5. The number of aryl methyl sites for hydroxylation is 1.